The molecule has 1 aliphatic heterocycles. The Kier molecular flexibility index (Phi) is 4.64. The molecule has 0 radical (unpaired) electrons. The first-order chi connectivity index (χ1) is 13.0. The molecule has 0 N–H and O–H groups in total. The van der Waals surface area contributed by atoms with Gasteiger partial charge < -0.3 is 9.47 Å². The van der Waals surface area contributed by atoms with Crippen LogP contribution in [0.2, 0.25) is 0 Å². The van der Waals surface area contributed by atoms with Gasteiger partial charge in [-0.2, -0.15) is 0 Å². The summed E-state index contributed by atoms with van der Waals surface area (Å²) >= 11 is 0. The fourth-order valence-corrected chi connectivity index (χ4v) is 3.74. The molecule has 6 nitrogen and oxygen atoms in total. The first-order valence-corrected chi connectivity index (χ1v) is 9.53. The molecule has 0 spiro atoms. The van der Waals surface area contributed by atoms with Gasteiger partial charge in [-0.05, 0) is 57.7 Å². The lowest BCUT2D eigenvalue weighted by Crippen LogP contribution is -2.39. The number of imidazole rings is 1. The van der Waals surface area contributed by atoms with E-state index in [0.717, 1.165) is 60.7 Å². The van der Waals surface area contributed by atoms with Crippen molar-refractivity contribution in [2.45, 2.75) is 40.2 Å². The number of likely N-dealkylation sites (tertiary alicyclic amines) is 1. The lowest BCUT2D eigenvalue weighted by Gasteiger charge is -2.32. The Balaban J connectivity index is 1.44. The van der Waals surface area contributed by atoms with Crippen molar-refractivity contribution in [2.75, 3.05) is 13.1 Å². The molecule has 0 unspecified atom stereocenters. The van der Waals surface area contributed by atoms with Crippen molar-refractivity contribution in [1.29, 1.82) is 0 Å². The number of aryl methyl sites for hydroxylation is 3. The molecular weight excluding hydrogens is 338 g/mol. The van der Waals surface area contributed by atoms with Gasteiger partial charge in [0.15, 0.2) is 0 Å². The Labute approximate surface area is 159 Å². The van der Waals surface area contributed by atoms with E-state index in [4.69, 9.17) is 0 Å². The van der Waals surface area contributed by atoms with Crippen LogP contribution in [0.3, 0.4) is 0 Å². The Morgan fingerprint density at radius 2 is 1.78 bits per heavy atom. The number of benzene rings is 1. The number of carbonyl (C=O) groups is 1. The van der Waals surface area contributed by atoms with E-state index in [-0.39, 0.29) is 5.91 Å². The van der Waals surface area contributed by atoms with E-state index in [1.807, 2.05) is 56.3 Å². The fourth-order valence-electron chi connectivity index (χ4n) is 3.74. The monoisotopic (exact) mass is 363 g/mol. The first kappa shape index (κ1) is 17.6. The molecule has 3 aromatic rings. The van der Waals surface area contributed by atoms with E-state index in [1.165, 1.54) is 0 Å². The third-order valence-corrected chi connectivity index (χ3v) is 5.60. The zero-order valence-corrected chi connectivity index (χ0v) is 16.1. The van der Waals surface area contributed by atoms with Gasteiger partial charge in [0, 0.05) is 37.6 Å². The topological polar surface area (TPSA) is 63.9 Å². The lowest BCUT2D eigenvalue weighted by molar-refractivity contribution is 0.0682. The summed E-state index contributed by atoms with van der Waals surface area (Å²) in [5.74, 6) is 1.74. The molecule has 0 aliphatic carbocycles. The highest BCUT2D eigenvalue weighted by atomic mass is 16.2. The van der Waals surface area contributed by atoms with Crippen LogP contribution in [0.1, 0.15) is 40.4 Å². The molecule has 0 bridgehead atoms. The number of amides is 1. The summed E-state index contributed by atoms with van der Waals surface area (Å²) in [6.07, 6.45) is 5.93. The number of aromatic nitrogens is 4. The van der Waals surface area contributed by atoms with Crippen molar-refractivity contribution in [3.8, 4) is 0 Å². The van der Waals surface area contributed by atoms with Gasteiger partial charge >= 0.3 is 0 Å². The van der Waals surface area contributed by atoms with Gasteiger partial charge in [-0.1, -0.05) is 0 Å². The maximum atomic E-state index is 12.9. The van der Waals surface area contributed by atoms with Crippen molar-refractivity contribution in [3.05, 3.63) is 53.4 Å². The third kappa shape index (κ3) is 3.56. The van der Waals surface area contributed by atoms with Crippen LogP contribution in [-0.4, -0.2) is 43.4 Å². The molecular formula is C21H25N5O. The molecule has 27 heavy (non-hydrogen) atoms. The molecule has 2 aromatic heterocycles. The number of hydrogen-bond acceptors (Lipinski definition) is 4. The minimum absolute atomic E-state index is 0.0918. The summed E-state index contributed by atoms with van der Waals surface area (Å²) < 4.78 is 2.20. The molecule has 140 valence electrons. The van der Waals surface area contributed by atoms with Crippen molar-refractivity contribution >= 4 is 16.9 Å². The second kappa shape index (κ2) is 7.10. The van der Waals surface area contributed by atoms with E-state index < -0.39 is 0 Å². The molecule has 1 saturated heterocycles. The summed E-state index contributed by atoms with van der Waals surface area (Å²) in [6, 6.07) is 5.64. The third-order valence-electron chi connectivity index (χ3n) is 5.60. The molecule has 1 aliphatic rings. The minimum atomic E-state index is 0.0918. The second-order valence-corrected chi connectivity index (χ2v) is 7.46. The highest BCUT2D eigenvalue weighted by Crippen LogP contribution is 2.22. The number of rotatable bonds is 3. The van der Waals surface area contributed by atoms with Crippen molar-refractivity contribution in [3.63, 3.8) is 0 Å². The van der Waals surface area contributed by atoms with Gasteiger partial charge in [0.2, 0.25) is 0 Å². The predicted octanol–water partition coefficient (Wildman–Crippen LogP) is 3.30. The smallest absolute Gasteiger partial charge is 0.253 e. The molecule has 4 rings (SSSR count). The van der Waals surface area contributed by atoms with Gasteiger partial charge in [0.25, 0.3) is 5.91 Å². The van der Waals surface area contributed by atoms with E-state index in [9.17, 15) is 4.79 Å². The van der Waals surface area contributed by atoms with Crippen molar-refractivity contribution < 1.29 is 4.79 Å². The largest absolute Gasteiger partial charge is 0.339 e. The van der Waals surface area contributed by atoms with Crippen LogP contribution in [0, 0.1) is 26.7 Å². The number of fused-ring (bicyclic) bond motifs is 1. The van der Waals surface area contributed by atoms with E-state index in [1.54, 1.807) is 0 Å². The number of nitrogens with zero attached hydrogens (tertiary/aromatic N) is 5. The number of piperidine rings is 1. The summed E-state index contributed by atoms with van der Waals surface area (Å²) in [4.78, 5) is 28.3. The van der Waals surface area contributed by atoms with Crippen LogP contribution in [0.25, 0.3) is 11.0 Å². The summed E-state index contributed by atoms with van der Waals surface area (Å²) in [6.45, 7) is 8.52. The van der Waals surface area contributed by atoms with Gasteiger partial charge in [-0.3, -0.25) is 4.79 Å². The van der Waals surface area contributed by atoms with E-state index in [2.05, 4.69) is 19.5 Å². The lowest BCUT2D eigenvalue weighted by atomic mass is 9.96. The molecule has 6 heteroatoms. The maximum Gasteiger partial charge on any atom is 0.253 e. The van der Waals surface area contributed by atoms with Crippen molar-refractivity contribution in [2.24, 2.45) is 5.92 Å². The average Bonchev–Trinajstić information content (AvgIpc) is 3.07. The standard InChI is InChI=1S/C21H25N5O/c1-14-15(2)24-20-12-18(4-5-19(20)23-14)21(27)25-9-6-17(7-10-25)13-26-11-8-22-16(26)3/h4-5,8,11-12,17H,6-7,9-10,13H2,1-3H3. The van der Waals surface area contributed by atoms with Gasteiger partial charge in [-0.25, -0.2) is 15.0 Å². The Morgan fingerprint density at radius 1 is 1.07 bits per heavy atom. The molecule has 0 atom stereocenters. The van der Waals surface area contributed by atoms with Gasteiger partial charge in [-0.15, -0.1) is 0 Å². The summed E-state index contributed by atoms with van der Waals surface area (Å²) in [5.41, 5.74) is 4.15. The van der Waals surface area contributed by atoms with E-state index in [0.29, 0.717) is 11.5 Å². The number of hydrogen-bond donors (Lipinski definition) is 0. The molecule has 3 heterocycles. The zero-order valence-electron chi connectivity index (χ0n) is 16.1. The highest BCUT2D eigenvalue weighted by molar-refractivity contribution is 5.97. The molecule has 0 saturated carbocycles. The second-order valence-electron chi connectivity index (χ2n) is 7.46. The van der Waals surface area contributed by atoms with E-state index >= 15 is 0 Å². The molecule has 1 aromatic carbocycles. The first-order valence-electron chi connectivity index (χ1n) is 9.53. The van der Waals surface area contributed by atoms with Crippen molar-refractivity contribution in [1.82, 2.24) is 24.4 Å². The van der Waals surface area contributed by atoms with Crippen LogP contribution in [0.5, 0.6) is 0 Å². The Hall–Kier alpha value is -2.76. The fraction of sp³-hybridized carbons (Fsp3) is 0.429. The predicted molar refractivity (Wildman–Crippen MR) is 105 cm³/mol. The zero-order chi connectivity index (χ0) is 19.0. The SMILES string of the molecule is Cc1nc2ccc(C(=O)N3CCC(Cn4ccnc4C)CC3)cc2nc1C. The van der Waals surface area contributed by atoms with Crippen LogP contribution < -0.4 is 0 Å². The summed E-state index contributed by atoms with van der Waals surface area (Å²) in [5, 5.41) is 0. The highest BCUT2D eigenvalue weighted by Gasteiger charge is 2.24. The quantitative estimate of drug-likeness (QED) is 0.716. The minimum Gasteiger partial charge on any atom is -0.339 e. The van der Waals surface area contributed by atoms with Crippen LogP contribution in [-0.2, 0) is 6.54 Å². The molecule has 1 fully saturated rings. The Bertz CT molecular complexity index is 985. The maximum absolute atomic E-state index is 12.9. The van der Waals surface area contributed by atoms with Crippen LogP contribution >= 0.6 is 0 Å². The normalized spacial score (nSPS) is 15.4. The van der Waals surface area contributed by atoms with Gasteiger partial charge in [0.1, 0.15) is 5.82 Å². The van der Waals surface area contributed by atoms with Crippen LogP contribution in [0.4, 0.5) is 0 Å². The molecule has 1 amide bonds. The average molecular weight is 363 g/mol. The number of carbonyl (C=O) groups excluding carboxylic acids is 1. The van der Waals surface area contributed by atoms with Gasteiger partial charge in [0.05, 0.1) is 22.4 Å². The summed E-state index contributed by atoms with van der Waals surface area (Å²) in [7, 11) is 0. The Morgan fingerprint density at radius 3 is 2.44 bits per heavy atom. The van der Waals surface area contributed by atoms with Crippen LogP contribution in [0.15, 0.2) is 30.6 Å².